The van der Waals surface area contributed by atoms with Crippen molar-refractivity contribution in [1.29, 1.82) is 0 Å². The molecule has 1 rings (SSSR count). The number of rotatable bonds is 1. The Kier molecular flexibility index (Phi) is 2.97. The fourth-order valence-corrected chi connectivity index (χ4v) is 1.33. The normalized spacial score (nSPS) is 10.6. The van der Waals surface area contributed by atoms with Gasteiger partial charge in [0, 0.05) is 4.47 Å². The molecule has 0 saturated heterocycles. The molecule has 1 unspecified atom stereocenters. The largest absolute Gasteiger partial charge is 0.0831 e. The standard InChI is InChI=1S/C9H9BrCl/c1-6(2)7-3-4-9(11)8(10)5-7/h3-6H,1H2,2H3. The molecule has 2 heteroatoms. The van der Waals surface area contributed by atoms with Crippen LogP contribution in [0.2, 0.25) is 5.02 Å². The van der Waals surface area contributed by atoms with E-state index in [2.05, 4.69) is 29.8 Å². The topological polar surface area (TPSA) is 0 Å². The molecule has 1 radical (unpaired) electrons. The first-order valence-corrected chi connectivity index (χ1v) is 4.56. The van der Waals surface area contributed by atoms with Crippen LogP contribution in [0.25, 0.3) is 0 Å². The molecule has 0 spiro atoms. The van der Waals surface area contributed by atoms with Crippen molar-refractivity contribution in [2.45, 2.75) is 12.8 Å². The van der Waals surface area contributed by atoms with E-state index in [0.717, 1.165) is 9.50 Å². The Morgan fingerprint density at radius 3 is 2.64 bits per heavy atom. The predicted octanol–water partition coefficient (Wildman–Crippen LogP) is 4.04. The second kappa shape index (κ2) is 3.59. The van der Waals surface area contributed by atoms with E-state index in [1.54, 1.807) is 0 Å². The van der Waals surface area contributed by atoms with Gasteiger partial charge in [-0.3, -0.25) is 0 Å². The minimum Gasteiger partial charge on any atom is -0.0831 e. The van der Waals surface area contributed by atoms with Crippen LogP contribution in [0.4, 0.5) is 0 Å². The van der Waals surface area contributed by atoms with Crippen molar-refractivity contribution in [2.24, 2.45) is 0 Å². The lowest BCUT2D eigenvalue weighted by Crippen LogP contribution is -1.86. The SMILES string of the molecule is [CH2]C(C)c1ccc(Cl)c(Br)c1. The van der Waals surface area contributed by atoms with Crippen molar-refractivity contribution in [3.05, 3.63) is 40.2 Å². The van der Waals surface area contributed by atoms with Crippen LogP contribution in [0.3, 0.4) is 0 Å². The average molecular weight is 233 g/mol. The summed E-state index contributed by atoms with van der Waals surface area (Å²) >= 11 is 9.17. The van der Waals surface area contributed by atoms with Gasteiger partial charge in [0.05, 0.1) is 5.02 Å². The Bertz CT molecular complexity index is 256. The summed E-state index contributed by atoms with van der Waals surface area (Å²) in [5.41, 5.74) is 1.20. The van der Waals surface area contributed by atoms with Gasteiger partial charge < -0.3 is 0 Å². The predicted molar refractivity (Wildman–Crippen MR) is 52.9 cm³/mol. The molecular weight excluding hydrogens is 223 g/mol. The van der Waals surface area contributed by atoms with Gasteiger partial charge in [-0.25, -0.2) is 0 Å². The van der Waals surface area contributed by atoms with E-state index in [9.17, 15) is 0 Å². The molecule has 0 saturated carbocycles. The summed E-state index contributed by atoms with van der Waals surface area (Å²) in [6, 6.07) is 5.87. The molecule has 0 heterocycles. The summed E-state index contributed by atoms with van der Waals surface area (Å²) in [5.74, 6) is 0.309. The smallest absolute Gasteiger partial charge is 0.0548 e. The molecule has 0 aliphatic carbocycles. The van der Waals surface area contributed by atoms with Crippen molar-refractivity contribution in [2.75, 3.05) is 0 Å². The molecule has 1 atom stereocenters. The van der Waals surface area contributed by atoms with Crippen molar-refractivity contribution < 1.29 is 0 Å². The molecule has 0 fully saturated rings. The monoisotopic (exact) mass is 231 g/mol. The molecule has 59 valence electrons. The maximum atomic E-state index is 5.82. The van der Waals surface area contributed by atoms with Crippen LogP contribution < -0.4 is 0 Å². The lowest BCUT2D eigenvalue weighted by Gasteiger charge is -2.05. The number of hydrogen-bond acceptors (Lipinski definition) is 0. The zero-order chi connectivity index (χ0) is 8.43. The van der Waals surface area contributed by atoms with Crippen LogP contribution in [-0.4, -0.2) is 0 Å². The first-order chi connectivity index (χ1) is 5.11. The maximum Gasteiger partial charge on any atom is 0.0548 e. The molecule has 0 aliphatic rings. The van der Waals surface area contributed by atoms with Crippen LogP contribution in [0.15, 0.2) is 22.7 Å². The minimum absolute atomic E-state index is 0.309. The highest BCUT2D eigenvalue weighted by Gasteiger charge is 2.01. The van der Waals surface area contributed by atoms with E-state index in [0.29, 0.717) is 5.92 Å². The van der Waals surface area contributed by atoms with Crippen LogP contribution in [0.5, 0.6) is 0 Å². The van der Waals surface area contributed by atoms with Gasteiger partial charge in [0.15, 0.2) is 0 Å². The van der Waals surface area contributed by atoms with Gasteiger partial charge in [0.2, 0.25) is 0 Å². The van der Waals surface area contributed by atoms with E-state index in [4.69, 9.17) is 11.6 Å². The Labute approximate surface area is 80.7 Å². The fourth-order valence-electron chi connectivity index (χ4n) is 0.819. The Morgan fingerprint density at radius 1 is 1.55 bits per heavy atom. The number of halogens is 2. The quantitative estimate of drug-likeness (QED) is 0.685. The summed E-state index contributed by atoms with van der Waals surface area (Å²) in [4.78, 5) is 0. The van der Waals surface area contributed by atoms with E-state index < -0.39 is 0 Å². The van der Waals surface area contributed by atoms with E-state index in [-0.39, 0.29) is 0 Å². The second-order valence-corrected chi connectivity index (χ2v) is 3.84. The third-order valence-electron chi connectivity index (χ3n) is 1.51. The third-order valence-corrected chi connectivity index (χ3v) is 2.73. The maximum absolute atomic E-state index is 5.82. The van der Waals surface area contributed by atoms with Gasteiger partial charge in [0.1, 0.15) is 0 Å². The van der Waals surface area contributed by atoms with Crippen LogP contribution in [-0.2, 0) is 0 Å². The Balaban J connectivity index is 3.05. The zero-order valence-electron chi connectivity index (χ0n) is 6.27. The van der Waals surface area contributed by atoms with Crippen molar-refractivity contribution in [3.8, 4) is 0 Å². The number of hydrogen-bond donors (Lipinski definition) is 0. The molecule has 0 aliphatic heterocycles. The van der Waals surface area contributed by atoms with E-state index in [1.807, 2.05) is 18.2 Å². The molecule has 1 aromatic rings. The lowest BCUT2D eigenvalue weighted by atomic mass is 10.0. The highest BCUT2D eigenvalue weighted by Crippen LogP contribution is 2.26. The van der Waals surface area contributed by atoms with Crippen molar-refractivity contribution in [1.82, 2.24) is 0 Å². The van der Waals surface area contributed by atoms with Gasteiger partial charge in [-0.15, -0.1) is 0 Å². The van der Waals surface area contributed by atoms with Crippen molar-refractivity contribution in [3.63, 3.8) is 0 Å². The van der Waals surface area contributed by atoms with Gasteiger partial charge >= 0.3 is 0 Å². The van der Waals surface area contributed by atoms with Gasteiger partial charge in [-0.2, -0.15) is 0 Å². The molecule has 0 N–H and O–H groups in total. The fraction of sp³-hybridized carbons (Fsp3) is 0.222. The molecule has 1 aromatic carbocycles. The lowest BCUT2D eigenvalue weighted by molar-refractivity contribution is 0.963. The van der Waals surface area contributed by atoms with Crippen LogP contribution >= 0.6 is 27.5 Å². The molecule has 0 nitrogen and oxygen atoms in total. The Morgan fingerprint density at radius 2 is 2.18 bits per heavy atom. The third kappa shape index (κ3) is 2.21. The highest BCUT2D eigenvalue weighted by atomic mass is 79.9. The second-order valence-electron chi connectivity index (χ2n) is 2.57. The zero-order valence-corrected chi connectivity index (χ0v) is 8.61. The van der Waals surface area contributed by atoms with Gasteiger partial charge in [-0.05, 0) is 46.5 Å². The summed E-state index contributed by atoms with van der Waals surface area (Å²) in [6.45, 7) is 5.97. The highest BCUT2D eigenvalue weighted by molar-refractivity contribution is 9.10. The first kappa shape index (κ1) is 9.08. The molecule has 0 aromatic heterocycles. The molecule has 0 amide bonds. The van der Waals surface area contributed by atoms with Gasteiger partial charge in [-0.1, -0.05) is 24.6 Å². The summed E-state index contributed by atoms with van der Waals surface area (Å²) in [5, 5.41) is 0.745. The molecular formula is C9H9BrCl. The molecule has 11 heavy (non-hydrogen) atoms. The first-order valence-electron chi connectivity index (χ1n) is 3.39. The van der Waals surface area contributed by atoms with Crippen molar-refractivity contribution >= 4 is 27.5 Å². The summed E-state index contributed by atoms with van der Waals surface area (Å²) in [6.07, 6.45) is 0. The Hall–Kier alpha value is -0.0100. The summed E-state index contributed by atoms with van der Waals surface area (Å²) in [7, 11) is 0. The minimum atomic E-state index is 0.309. The van der Waals surface area contributed by atoms with E-state index >= 15 is 0 Å². The average Bonchev–Trinajstić information content (AvgIpc) is 1.94. The van der Waals surface area contributed by atoms with E-state index in [1.165, 1.54) is 5.56 Å². The summed E-state index contributed by atoms with van der Waals surface area (Å²) < 4.78 is 0.937. The van der Waals surface area contributed by atoms with Gasteiger partial charge in [0.25, 0.3) is 0 Å². The number of benzene rings is 1. The van der Waals surface area contributed by atoms with Crippen LogP contribution in [0, 0.1) is 6.92 Å². The van der Waals surface area contributed by atoms with Crippen LogP contribution in [0.1, 0.15) is 18.4 Å². The molecule has 0 bridgehead atoms.